The third kappa shape index (κ3) is 6.86. The number of thiocarbonyl (C=S) groups is 1. The van der Waals surface area contributed by atoms with Crippen molar-refractivity contribution in [1.82, 2.24) is 0 Å². The zero-order valence-electron chi connectivity index (χ0n) is 18.3. The summed E-state index contributed by atoms with van der Waals surface area (Å²) in [5, 5.41) is 18.2. The van der Waals surface area contributed by atoms with Gasteiger partial charge in [0.2, 0.25) is 5.91 Å². The summed E-state index contributed by atoms with van der Waals surface area (Å²) < 4.78 is 5.32. The van der Waals surface area contributed by atoms with Crippen molar-refractivity contribution in [1.29, 1.82) is 0 Å². The van der Waals surface area contributed by atoms with Crippen LogP contribution in [0.5, 0.6) is 5.75 Å². The van der Waals surface area contributed by atoms with E-state index >= 15 is 0 Å². The van der Waals surface area contributed by atoms with Crippen molar-refractivity contribution in [3.63, 3.8) is 0 Å². The van der Waals surface area contributed by atoms with Crippen LogP contribution in [0.1, 0.15) is 17.3 Å². The van der Waals surface area contributed by atoms with Crippen molar-refractivity contribution in [3.05, 3.63) is 77.3 Å². The van der Waals surface area contributed by atoms with Crippen LogP contribution in [0.15, 0.2) is 71.6 Å². The summed E-state index contributed by atoms with van der Waals surface area (Å²) in [6.45, 7) is 1.77. The first-order valence-electron chi connectivity index (χ1n) is 10.1. The second-order valence-electron chi connectivity index (χ2n) is 7.06. The van der Waals surface area contributed by atoms with E-state index in [1.807, 2.05) is 48.5 Å². The standard InChI is InChI=1S/C24H22ClN3O4S2/c1-14(22(29)26-16-10-11-19(25)18(13-16)23(30)31)34-17-7-5-6-15(12-17)27-24(33)28-20-8-3-4-9-21(20)32-2/h3-14H,1-2H3,(H,26,29)(H,30,31)(H2,27,28,33). The molecule has 3 aromatic carbocycles. The molecule has 4 N–H and O–H groups in total. The summed E-state index contributed by atoms with van der Waals surface area (Å²) in [6, 6.07) is 19.3. The number of thioether (sulfide) groups is 1. The average Bonchev–Trinajstić information content (AvgIpc) is 2.80. The highest BCUT2D eigenvalue weighted by Gasteiger charge is 2.17. The highest BCUT2D eigenvalue weighted by atomic mass is 35.5. The van der Waals surface area contributed by atoms with E-state index in [1.54, 1.807) is 20.1 Å². The highest BCUT2D eigenvalue weighted by molar-refractivity contribution is 8.00. The molecule has 1 amide bonds. The van der Waals surface area contributed by atoms with Crippen LogP contribution in [0.4, 0.5) is 17.1 Å². The maximum Gasteiger partial charge on any atom is 0.337 e. The van der Waals surface area contributed by atoms with E-state index in [-0.39, 0.29) is 16.5 Å². The number of rotatable bonds is 8. The number of hydrogen-bond donors (Lipinski definition) is 4. The average molecular weight is 516 g/mol. The van der Waals surface area contributed by atoms with Crippen molar-refractivity contribution in [2.45, 2.75) is 17.1 Å². The minimum absolute atomic E-state index is 0.0729. The van der Waals surface area contributed by atoms with E-state index in [2.05, 4.69) is 16.0 Å². The van der Waals surface area contributed by atoms with Gasteiger partial charge < -0.3 is 25.8 Å². The van der Waals surface area contributed by atoms with Gasteiger partial charge in [-0.05, 0) is 67.7 Å². The van der Waals surface area contributed by atoms with Crippen LogP contribution in [-0.2, 0) is 4.79 Å². The van der Waals surface area contributed by atoms with Gasteiger partial charge in [0.15, 0.2) is 5.11 Å². The zero-order valence-corrected chi connectivity index (χ0v) is 20.7. The number of para-hydroxylation sites is 2. The van der Waals surface area contributed by atoms with Crippen LogP contribution >= 0.6 is 35.6 Å². The van der Waals surface area contributed by atoms with E-state index < -0.39 is 11.2 Å². The van der Waals surface area contributed by atoms with Crippen LogP contribution < -0.4 is 20.7 Å². The molecule has 0 spiro atoms. The molecule has 0 heterocycles. The van der Waals surface area contributed by atoms with Gasteiger partial charge in [0, 0.05) is 16.3 Å². The molecule has 0 saturated heterocycles. The van der Waals surface area contributed by atoms with E-state index in [4.69, 9.17) is 28.6 Å². The highest BCUT2D eigenvalue weighted by Crippen LogP contribution is 2.28. The van der Waals surface area contributed by atoms with Crippen molar-refractivity contribution < 1.29 is 19.4 Å². The number of nitrogens with one attached hydrogen (secondary N) is 3. The normalized spacial score (nSPS) is 11.3. The van der Waals surface area contributed by atoms with Gasteiger partial charge in [0.05, 0.1) is 28.6 Å². The number of carboxylic acid groups (broad SMARTS) is 1. The molecule has 0 aliphatic carbocycles. The quantitative estimate of drug-likeness (QED) is 0.215. The Labute approximate surface area is 211 Å². The fourth-order valence-corrected chi connectivity index (χ4v) is 4.30. The number of aromatic carboxylic acids is 1. The third-order valence-electron chi connectivity index (χ3n) is 4.59. The molecule has 0 aliphatic rings. The molecule has 3 aromatic rings. The van der Waals surface area contributed by atoms with Gasteiger partial charge in [-0.3, -0.25) is 4.79 Å². The topological polar surface area (TPSA) is 99.7 Å². The molecule has 10 heteroatoms. The lowest BCUT2D eigenvalue weighted by atomic mass is 10.2. The van der Waals surface area contributed by atoms with Crippen LogP contribution in [0.25, 0.3) is 0 Å². The monoisotopic (exact) mass is 515 g/mol. The number of benzene rings is 3. The number of halogens is 1. The van der Waals surface area contributed by atoms with Crippen LogP contribution in [0.2, 0.25) is 5.02 Å². The summed E-state index contributed by atoms with van der Waals surface area (Å²) >= 11 is 12.7. The van der Waals surface area contributed by atoms with E-state index in [0.717, 1.165) is 16.3 Å². The van der Waals surface area contributed by atoms with Gasteiger partial charge in [-0.25, -0.2) is 4.79 Å². The van der Waals surface area contributed by atoms with Crippen molar-refractivity contribution >= 4 is 69.6 Å². The molecular formula is C24H22ClN3O4S2. The molecule has 0 aliphatic heterocycles. The number of carbonyl (C=O) groups is 2. The van der Waals surface area contributed by atoms with Gasteiger partial charge in [-0.2, -0.15) is 0 Å². The first kappa shape index (κ1) is 25.4. The van der Waals surface area contributed by atoms with E-state index in [9.17, 15) is 14.7 Å². The fourth-order valence-electron chi connectivity index (χ4n) is 2.95. The SMILES string of the molecule is COc1ccccc1NC(=S)Nc1cccc(SC(C)C(=O)Nc2ccc(Cl)c(C(=O)O)c2)c1. The molecule has 1 unspecified atom stereocenters. The van der Waals surface area contributed by atoms with Crippen molar-refractivity contribution in [2.24, 2.45) is 0 Å². The maximum atomic E-state index is 12.6. The predicted molar refractivity (Wildman–Crippen MR) is 142 cm³/mol. The molecule has 7 nitrogen and oxygen atoms in total. The number of anilines is 3. The Kier molecular flexibility index (Phi) is 8.75. The molecular weight excluding hydrogens is 494 g/mol. The van der Waals surface area contributed by atoms with Crippen LogP contribution in [-0.4, -0.2) is 34.5 Å². The Morgan fingerprint density at radius 1 is 1.00 bits per heavy atom. The molecule has 0 aromatic heterocycles. The number of carbonyl (C=O) groups excluding carboxylic acids is 1. The second kappa shape index (κ2) is 11.7. The summed E-state index contributed by atoms with van der Waals surface area (Å²) in [6.07, 6.45) is 0. The summed E-state index contributed by atoms with van der Waals surface area (Å²) in [4.78, 5) is 24.7. The second-order valence-corrected chi connectivity index (χ2v) is 9.29. The largest absolute Gasteiger partial charge is 0.495 e. The zero-order chi connectivity index (χ0) is 24.7. The van der Waals surface area contributed by atoms with E-state index in [1.165, 1.54) is 23.9 Å². The molecule has 0 bridgehead atoms. The number of hydrogen-bond acceptors (Lipinski definition) is 5. The predicted octanol–water partition coefficient (Wildman–Crippen LogP) is 5.98. The first-order chi connectivity index (χ1) is 16.3. The first-order valence-corrected chi connectivity index (χ1v) is 11.7. The molecule has 3 rings (SSSR count). The molecule has 176 valence electrons. The molecule has 0 radical (unpaired) electrons. The van der Waals surface area contributed by atoms with Gasteiger partial charge in [-0.1, -0.05) is 29.8 Å². The Morgan fingerprint density at radius 2 is 1.74 bits per heavy atom. The number of ether oxygens (including phenoxy) is 1. The Bertz CT molecular complexity index is 1220. The maximum absolute atomic E-state index is 12.6. The van der Waals surface area contributed by atoms with Crippen molar-refractivity contribution in [3.8, 4) is 5.75 Å². The van der Waals surface area contributed by atoms with Gasteiger partial charge >= 0.3 is 5.97 Å². The molecule has 1 atom stereocenters. The Balaban J connectivity index is 1.61. The fraction of sp³-hybridized carbons (Fsp3) is 0.125. The smallest absolute Gasteiger partial charge is 0.337 e. The van der Waals surface area contributed by atoms with Crippen molar-refractivity contribution in [2.75, 3.05) is 23.1 Å². The molecule has 0 fully saturated rings. The number of methoxy groups -OCH3 is 1. The Hall–Kier alpha value is -3.27. The number of amides is 1. The van der Waals surface area contributed by atoms with Gasteiger partial charge in [0.25, 0.3) is 0 Å². The van der Waals surface area contributed by atoms with E-state index in [0.29, 0.717) is 16.5 Å². The van der Waals surface area contributed by atoms with Gasteiger partial charge in [-0.15, -0.1) is 11.8 Å². The lowest BCUT2D eigenvalue weighted by Crippen LogP contribution is -2.22. The molecule has 34 heavy (non-hydrogen) atoms. The minimum atomic E-state index is -1.16. The lowest BCUT2D eigenvalue weighted by Gasteiger charge is -2.15. The van der Waals surface area contributed by atoms with Crippen LogP contribution in [0, 0.1) is 0 Å². The lowest BCUT2D eigenvalue weighted by molar-refractivity contribution is -0.115. The van der Waals surface area contributed by atoms with Crippen LogP contribution in [0.3, 0.4) is 0 Å². The van der Waals surface area contributed by atoms with Gasteiger partial charge in [0.1, 0.15) is 5.75 Å². The number of carboxylic acids is 1. The molecule has 0 saturated carbocycles. The summed E-state index contributed by atoms with van der Waals surface area (Å²) in [5.74, 6) is -0.756. The summed E-state index contributed by atoms with van der Waals surface area (Å²) in [5.41, 5.74) is 1.79. The summed E-state index contributed by atoms with van der Waals surface area (Å²) in [7, 11) is 1.59. The Morgan fingerprint density at radius 3 is 2.47 bits per heavy atom. The third-order valence-corrected chi connectivity index (χ3v) is 6.22. The minimum Gasteiger partial charge on any atom is -0.495 e.